The second-order valence-electron chi connectivity index (χ2n) is 2.42. The Bertz CT molecular complexity index is 173. The van der Waals surface area contributed by atoms with Crippen molar-refractivity contribution in [2.45, 2.75) is 19.4 Å². The highest BCUT2D eigenvalue weighted by Crippen LogP contribution is 2.55. The van der Waals surface area contributed by atoms with E-state index >= 15 is 0 Å². The van der Waals surface area contributed by atoms with E-state index in [4.69, 9.17) is 9.05 Å². The molecular weight excluding hydrogens is 278 g/mol. The van der Waals surface area contributed by atoms with Crippen molar-refractivity contribution in [3.63, 3.8) is 0 Å². The van der Waals surface area contributed by atoms with Crippen LogP contribution in [0, 0.1) is 0 Å². The van der Waals surface area contributed by atoms with Crippen LogP contribution in [-0.2, 0) is 13.6 Å². The summed E-state index contributed by atoms with van der Waals surface area (Å²) in [5.74, 6) is 0. The zero-order valence-electron chi connectivity index (χ0n) is 6.46. The zero-order chi connectivity index (χ0) is 8.32. The minimum Gasteiger partial charge on any atom is -0.309 e. The van der Waals surface area contributed by atoms with Gasteiger partial charge in [-0.3, -0.25) is 4.57 Å². The highest BCUT2D eigenvalue weighted by atomic mass is 127. The summed E-state index contributed by atoms with van der Waals surface area (Å²) in [6.45, 7) is 2.31. The number of hydrogen-bond donors (Lipinski definition) is 0. The van der Waals surface area contributed by atoms with Crippen LogP contribution in [0.25, 0.3) is 0 Å². The first-order valence-electron chi connectivity index (χ1n) is 3.68. The van der Waals surface area contributed by atoms with Gasteiger partial charge in [-0.1, -0.05) is 22.6 Å². The van der Waals surface area contributed by atoms with Gasteiger partial charge in [-0.15, -0.1) is 0 Å². The van der Waals surface area contributed by atoms with E-state index in [1.54, 1.807) is 0 Å². The van der Waals surface area contributed by atoms with E-state index in [0.717, 1.165) is 10.8 Å². The van der Waals surface area contributed by atoms with Crippen LogP contribution in [0.4, 0.5) is 0 Å². The molecule has 11 heavy (non-hydrogen) atoms. The third-order valence-electron chi connectivity index (χ3n) is 1.53. The van der Waals surface area contributed by atoms with E-state index in [2.05, 4.69) is 22.6 Å². The summed E-state index contributed by atoms with van der Waals surface area (Å²) in [5, 5.41) is 0. The fourth-order valence-corrected chi connectivity index (χ4v) is 3.86. The fourth-order valence-electron chi connectivity index (χ4n) is 1.03. The summed E-state index contributed by atoms with van der Waals surface area (Å²) in [6.07, 6.45) is 1.61. The molecule has 5 heteroatoms. The highest BCUT2D eigenvalue weighted by Gasteiger charge is 2.35. The standard InChI is InChI=1S/C6H12IO3P/c1-2-9-11(8)4-3-6(5-7)10-11/h6H,2-5H2,1H3. The molecule has 66 valence electrons. The zero-order valence-corrected chi connectivity index (χ0v) is 9.51. The van der Waals surface area contributed by atoms with E-state index in [1.165, 1.54) is 0 Å². The molecule has 1 aliphatic rings. The van der Waals surface area contributed by atoms with Gasteiger partial charge in [0, 0.05) is 4.43 Å². The Kier molecular flexibility index (Phi) is 3.81. The van der Waals surface area contributed by atoms with Crippen LogP contribution >= 0.6 is 30.2 Å². The quantitative estimate of drug-likeness (QED) is 0.455. The van der Waals surface area contributed by atoms with E-state index in [1.807, 2.05) is 6.92 Å². The summed E-state index contributed by atoms with van der Waals surface area (Å²) in [4.78, 5) is 0. The van der Waals surface area contributed by atoms with Gasteiger partial charge >= 0.3 is 7.60 Å². The Labute approximate surface area is 80.5 Å². The van der Waals surface area contributed by atoms with Gasteiger partial charge < -0.3 is 9.05 Å². The molecule has 3 nitrogen and oxygen atoms in total. The van der Waals surface area contributed by atoms with Crippen LogP contribution in [-0.4, -0.2) is 23.3 Å². The summed E-state index contributed by atoms with van der Waals surface area (Å²) in [7, 11) is -2.65. The molecule has 0 aromatic carbocycles. The molecule has 1 fully saturated rings. The SMILES string of the molecule is CCOP1(=O)CCC(CI)O1. The summed E-state index contributed by atoms with van der Waals surface area (Å²) < 4.78 is 22.7. The van der Waals surface area contributed by atoms with Crippen molar-refractivity contribution in [3.05, 3.63) is 0 Å². The topological polar surface area (TPSA) is 35.5 Å². The molecule has 0 radical (unpaired) electrons. The smallest absolute Gasteiger partial charge is 0.309 e. The molecule has 1 rings (SSSR count). The molecule has 0 aliphatic carbocycles. The first kappa shape index (κ1) is 9.96. The number of hydrogen-bond acceptors (Lipinski definition) is 3. The highest BCUT2D eigenvalue weighted by molar-refractivity contribution is 14.1. The lowest BCUT2D eigenvalue weighted by Crippen LogP contribution is -2.04. The fraction of sp³-hybridized carbons (Fsp3) is 1.00. The van der Waals surface area contributed by atoms with E-state index < -0.39 is 7.60 Å². The van der Waals surface area contributed by atoms with Crippen LogP contribution in [0.5, 0.6) is 0 Å². The largest absolute Gasteiger partial charge is 0.331 e. The van der Waals surface area contributed by atoms with Crippen LogP contribution < -0.4 is 0 Å². The van der Waals surface area contributed by atoms with Gasteiger partial charge in [0.2, 0.25) is 0 Å². The average Bonchev–Trinajstić information content (AvgIpc) is 2.33. The van der Waals surface area contributed by atoms with Gasteiger partial charge in [0.05, 0.1) is 18.9 Å². The van der Waals surface area contributed by atoms with E-state index in [9.17, 15) is 4.57 Å². The number of rotatable bonds is 3. The summed E-state index contributed by atoms with van der Waals surface area (Å²) >= 11 is 2.23. The minimum absolute atomic E-state index is 0.146. The van der Waals surface area contributed by atoms with E-state index in [0.29, 0.717) is 12.8 Å². The van der Waals surface area contributed by atoms with Gasteiger partial charge in [-0.2, -0.15) is 0 Å². The first-order chi connectivity index (χ1) is 5.20. The molecule has 0 aromatic rings. The van der Waals surface area contributed by atoms with Gasteiger partial charge in [-0.25, -0.2) is 0 Å². The van der Waals surface area contributed by atoms with Gasteiger partial charge in [-0.05, 0) is 13.3 Å². The van der Waals surface area contributed by atoms with Crippen molar-refractivity contribution in [2.24, 2.45) is 0 Å². The van der Waals surface area contributed by atoms with Crippen molar-refractivity contribution in [3.8, 4) is 0 Å². The molecule has 1 saturated heterocycles. The molecule has 0 bridgehead atoms. The Hall–Kier alpha value is 0.880. The summed E-state index contributed by atoms with van der Waals surface area (Å²) in [6, 6.07) is 0. The van der Waals surface area contributed by atoms with Crippen LogP contribution in [0.2, 0.25) is 0 Å². The molecule has 0 N–H and O–H groups in total. The van der Waals surface area contributed by atoms with Gasteiger partial charge in [0.1, 0.15) is 0 Å². The lowest BCUT2D eigenvalue weighted by Gasteiger charge is -2.10. The third kappa shape index (κ3) is 2.68. The van der Waals surface area contributed by atoms with E-state index in [-0.39, 0.29) is 6.10 Å². The predicted molar refractivity (Wildman–Crippen MR) is 52.5 cm³/mol. The van der Waals surface area contributed by atoms with Crippen LogP contribution in [0.15, 0.2) is 0 Å². The second kappa shape index (κ2) is 4.21. The van der Waals surface area contributed by atoms with Crippen molar-refractivity contribution < 1.29 is 13.6 Å². The van der Waals surface area contributed by atoms with Crippen molar-refractivity contribution >= 4 is 30.2 Å². The maximum atomic E-state index is 11.5. The van der Waals surface area contributed by atoms with Crippen LogP contribution in [0.3, 0.4) is 0 Å². The maximum absolute atomic E-state index is 11.5. The minimum atomic E-state index is -2.65. The van der Waals surface area contributed by atoms with Gasteiger partial charge in [0.15, 0.2) is 0 Å². The Balaban J connectivity index is 2.44. The molecule has 0 saturated carbocycles. The summed E-state index contributed by atoms with van der Waals surface area (Å²) in [5.41, 5.74) is 0. The normalized spacial score (nSPS) is 37.8. The predicted octanol–water partition coefficient (Wildman–Crippen LogP) is 2.44. The van der Waals surface area contributed by atoms with Gasteiger partial charge in [0.25, 0.3) is 0 Å². The lowest BCUT2D eigenvalue weighted by molar-refractivity contribution is 0.196. The first-order valence-corrected chi connectivity index (χ1v) is 6.93. The molecule has 1 aliphatic heterocycles. The molecule has 1 heterocycles. The monoisotopic (exact) mass is 290 g/mol. The Morgan fingerprint density at radius 3 is 3.00 bits per heavy atom. The van der Waals surface area contributed by atoms with Crippen molar-refractivity contribution in [1.29, 1.82) is 0 Å². The molecule has 0 amide bonds. The molecule has 2 atom stereocenters. The van der Waals surface area contributed by atoms with Crippen LogP contribution in [0.1, 0.15) is 13.3 Å². The Morgan fingerprint density at radius 2 is 2.55 bits per heavy atom. The molecular formula is C6H12IO3P. The van der Waals surface area contributed by atoms with Crippen molar-refractivity contribution in [2.75, 3.05) is 17.2 Å². The third-order valence-corrected chi connectivity index (χ3v) is 4.59. The lowest BCUT2D eigenvalue weighted by atomic mass is 10.3. The van der Waals surface area contributed by atoms with Crippen molar-refractivity contribution in [1.82, 2.24) is 0 Å². The number of alkyl halides is 1. The molecule has 0 spiro atoms. The number of halogens is 1. The second-order valence-corrected chi connectivity index (χ2v) is 5.44. The average molecular weight is 290 g/mol. The maximum Gasteiger partial charge on any atom is 0.331 e. The molecule has 2 unspecified atom stereocenters. The Morgan fingerprint density at radius 1 is 1.82 bits per heavy atom. The molecule has 0 aromatic heterocycles.